The number of methoxy groups -OCH3 is 1. The molecule has 1 aliphatic rings. The summed E-state index contributed by atoms with van der Waals surface area (Å²) in [5, 5.41) is 0.527. The molecule has 0 saturated carbocycles. The van der Waals surface area contributed by atoms with E-state index in [1.54, 1.807) is 18.2 Å². The molecule has 1 saturated heterocycles. The average Bonchev–Trinajstić information content (AvgIpc) is 2.48. The first-order chi connectivity index (χ1) is 9.70. The maximum atomic E-state index is 11.6. The molecule has 110 valence electrons. The maximum absolute atomic E-state index is 11.6. The van der Waals surface area contributed by atoms with Crippen molar-refractivity contribution in [2.45, 2.75) is 0 Å². The number of carbonyl (C=O) groups excluding carboxylic acids is 1. The SMILES string of the molecule is COC(=O)c1ccc(Cl)cc1OCCN1CCOCC1. The fourth-order valence-corrected chi connectivity index (χ4v) is 2.17. The van der Waals surface area contributed by atoms with Gasteiger partial charge in [0, 0.05) is 24.7 Å². The van der Waals surface area contributed by atoms with E-state index < -0.39 is 5.97 Å². The summed E-state index contributed by atoms with van der Waals surface area (Å²) in [6.07, 6.45) is 0. The van der Waals surface area contributed by atoms with Gasteiger partial charge in [-0.3, -0.25) is 4.90 Å². The lowest BCUT2D eigenvalue weighted by Crippen LogP contribution is -2.38. The minimum absolute atomic E-state index is 0.388. The van der Waals surface area contributed by atoms with Crippen molar-refractivity contribution in [2.24, 2.45) is 0 Å². The summed E-state index contributed by atoms with van der Waals surface area (Å²) in [6, 6.07) is 4.88. The zero-order valence-corrected chi connectivity index (χ0v) is 12.2. The Labute approximate surface area is 123 Å². The molecule has 0 radical (unpaired) electrons. The summed E-state index contributed by atoms with van der Waals surface area (Å²) < 4.78 is 15.7. The molecule has 1 fully saturated rings. The second-order valence-electron chi connectivity index (χ2n) is 4.43. The van der Waals surface area contributed by atoms with E-state index in [4.69, 9.17) is 25.8 Å². The van der Waals surface area contributed by atoms with Crippen molar-refractivity contribution in [2.75, 3.05) is 46.6 Å². The number of hydrogen-bond acceptors (Lipinski definition) is 5. The quantitative estimate of drug-likeness (QED) is 0.777. The predicted octanol–water partition coefficient (Wildman–Crippen LogP) is 1.84. The number of nitrogens with zero attached hydrogens (tertiary/aromatic N) is 1. The highest BCUT2D eigenvalue weighted by atomic mass is 35.5. The third kappa shape index (κ3) is 4.10. The van der Waals surface area contributed by atoms with Crippen LogP contribution in [0, 0.1) is 0 Å². The first kappa shape index (κ1) is 15.1. The molecule has 2 rings (SSSR count). The molecule has 0 aliphatic carbocycles. The number of ether oxygens (including phenoxy) is 3. The highest BCUT2D eigenvalue weighted by Gasteiger charge is 2.15. The molecule has 0 amide bonds. The normalized spacial score (nSPS) is 15.9. The third-order valence-electron chi connectivity index (χ3n) is 3.12. The molecule has 0 aromatic heterocycles. The van der Waals surface area contributed by atoms with Gasteiger partial charge < -0.3 is 14.2 Å². The zero-order chi connectivity index (χ0) is 14.4. The van der Waals surface area contributed by atoms with E-state index in [2.05, 4.69) is 4.90 Å². The zero-order valence-electron chi connectivity index (χ0n) is 11.4. The summed E-state index contributed by atoms with van der Waals surface area (Å²) in [4.78, 5) is 13.9. The highest BCUT2D eigenvalue weighted by molar-refractivity contribution is 6.30. The fraction of sp³-hybridized carbons (Fsp3) is 0.500. The maximum Gasteiger partial charge on any atom is 0.341 e. The summed E-state index contributed by atoms with van der Waals surface area (Å²) in [7, 11) is 1.34. The summed E-state index contributed by atoms with van der Waals surface area (Å²) in [5.74, 6) is 0.0284. The Morgan fingerprint density at radius 3 is 2.85 bits per heavy atom. The van der Waals surface area contributed by atoms with Crippen LogP contribution in [0.1, 0.15) is 10.4 Å². The Balaban J connectivity index is 1.93. The van der Waals surface area contributed by atoms with Crippen molar-refractivity contribution in [3.8, 4) is 5.75 Å². The lowest BCUT2D eigenvalue weighted by atomic mass is 10.2. The molecule has 0 spiro atoms. The van der Waals surface area contributed by atoms with Gasteiger partial charge in [0.25, 0.3) is 0 Å². The van der Waals surface area contributed by atoms with Crippen LogP contribution in [0.25, 0.3) is 0 Å². The van der Waals surface area contributed by atoms with Crippen LogP contribution < -0.4 is 4.74 Å². The van der Waals surface area contributed by atoms with Gasteiger partial charge in [0.05, 0.1) is 20.3 Å². The topological polar surface area (TPSA) is 48.0 Å². The second kappa shape index (κ2) is 7.47. The summed E-state index contributed by atoms with van der Waals surface area (Å²) >= 11 is 5.93. The number of carbonyl (C=O) groups is 1. The fourth-order valence-electron chi connectivity index (χ4n) is 2.00. The van der Waals surface area contributed by atoms with Crippen molar-refractivity contribution in [3.05, 3.63) is 28.8 Å². The van der Waals surface area contributed by atoms with E-state index >= 15 is 0 Å². The first-order valence-electron chi connectivity index (χ1n) is 6.51. The van der Waals surface area contributed by atoms with Crippen LogP contribution in [0.2, 0.25) is 5.02 Å². The smallest absolute Gasteiger partial charge is 0.341 e. The van der Waals surface area contributed by atoms with Gasteiger partial charge in [0.15, 0.2) is 0 Å². The lowest BCUT2D eigenvalue weighted by Gasteiger charge is -2.26. The minimum atomic E-state index is -0.428. The largest absolute Gasteiger partial charge is 0.491 e. The molecule has 0 atom stereocenters. The molecule has 1 aromatic carbocycles. The molecule has 5 nitrogen and oxygen atoms in total. The van der Waals surface area contributed by atoms with Crippen molar-refractivity contribution in [1.82, 2.24) is 4.90 Å². The first-order valence-corrected chi connectivity index (χ1v) is 6.89. The predicted molar refractivity (Wildman–Crippen MR) is 75.5 cm³/mol. The third-order valence-corrected chi connectivity index (χ3v) is 3.35. The number of esters is 1. The Bertz CT molecular complexity index is 460. The van der Waals surface area contributed by atoms with Crippen molar-refractivity contribution in [3.63, 3.8) is 0 Å². The molecule has 20 heavy (non-hydrogen) atoms. The number of halogens is 1. The lowest BCUT2D eigenvalue weighted by molar-refractivity contribution is 0.0321. The molecule has 6 heteroatoms. The van der Waals surface area contributed by atoms with E-state index in [1.165, 1.54) is 7.11 Å². The molecule has 1 aromatic rings. The standard InChI is InChI=1S/C14H18ClNO4/c1-18-14(17)12-3-2-11(15)10-13(12)20-9-6-16-4-7-19-8-5-16/h2-3,10H,4-9H2,1H3. The van der Waals surface area contributed by atoms with Crippen LogP contribution in [0.4, 0.5) is 0 Å². The molecular weight excluding hydrogens is 282 g/mol. The number of morpholine rings is 1. The Morgan fingerprint density at radius 1 is 1.40 bits per heavy atom. The second-order valence-corrected chi connectivity index (χ2v) is 4.87. The number of hydrogen-bond donors (Lipinski definition) is 0. The van der Waals surface area contributed by atoms with Gasteiger partial charge in [-0.2, -0.15) is 0 Å². The molecular formula is C14H18ClNO4. The van der Waals surface area contributed by atoms with Gasteiger partial charge in [-0.25, -0.2) is 4.79 Å². The molecule has 0 N–H and O–H groups in total. The summed E-state index contributed by atoms with van der Waals surface area (Å²) in [5.41, 5.74) is 0.388. The molecule has 1 aliphatic heterocycles. The van der Waals surface area contributed by atoms with E-state index in [0.29, 0.717) is 22.9 Å². The molecule has 1 heterocycles. The van der Waals surface area contributed by atoms with Crippen LogP contribution in [0.15, 0.2) is 18.2 Å². The Hall–Kier alpha value is -1.30. The monoisotopic (exact) mass is 299 g/mol. The van der Waals surface area contributed by atoms with Gasteiger partial charge in [0.1, 0.15) is 17.9 Å². The van der Waals surface area contributed by atoms with Crippen molar-refractivity contribution in [1.29, 1.82) is 0 Å². The number of benzene rings is 1. The van der Waals surface area contributed by atoms with Crippen LogP contribution in [0.3, 0.4) is 0 Å². The summed E-state index contributed by atoms with van der Waals surface area (Å²) in [6.45, 7) is 4.60. The van der Waals surface area contributed by atoms with E-state index in [1.807, 2.05) is 0 Å². The Kier molecular flexibility index (Phi) is 5.64. The van der Waals surface area contributed by atoms with Crippen LogP contribution in [-0.4, -0.2) is 57.4 Å². The highest BCUT2D eigenvalue weighted by Crippen LogP contribution is 2.24. The van der Waals surface area contributed by atoms with E-state index in [0.717, 1.165) is 32.8 Å². The van der Waals surface area contributed by atoms with Gasteiger partial charge >= 0.3 is 5.97 Å². The van der Waals surface area contributed by atoms with Gasteiger partial charge in [0.2, 0.25) is 0 Å². The van der Waals surface area contributed by atoms with Crippen LogP contribution >= 0.6 is 11.6 Å². The molecule has 0 bridgehead atoms. The van der Waals surface area contributed by atoms with Gasteiger partial charge in [-0.05, 0) is 18.2 Å². The van der Waals surface area contributed by atoms with Gasteiger partial charge in [-0.15, -0.1) is 0 Å². The average molecular weight is 300 g/mol. The number of rotatable bonds is 5. The minimum Gasteiger partial charge on any atom is -0.491 e. The Morgan fingerprint density at radius 2 is 2.15 bits per heavy atom. The van der Waals surface area contributed by atoms with Crippen LogP contribution in [-0.2, 0) is 9.47 Å². The van der Waals surface area contributed by atoms with E-state index in [-0.39, 0.29) is 0 Å². The van der Waals surface area contributed by atoms with Crippen molar-refractivity contribution >= 4 is 17.6 Å². The van der Waals surface area contributed by atoms with Gasteiger partial charge in [-0.1, -0.05) is 11.6 Å². The molecule has 0 unspecified atom stereocenters. The van der Waals surface area contributed by atoms with Crippen molar-refractivity contribution < 1.29 is 19.0 Å². The van der Waals surface area contributed by atoms with E-state index in [9.17, 15) is 4.79 Å². The van der Waals surface area contributed by atoms with Crippen LogP contribution in [0.5, 0.6) is 5.75 Å².